The number of carbonyl (C=O) groups is 1. The van der Waals surface area contributed by atoms with Crippen LogP contribution in [0.1, 0.15) is 20.8 Å². The molecule has 0 saturated carbocycles. The summed E-state index contributed by atoms with van der Waals surface area (Å²) in [6.07, 6.45) is 3.01. The molecule has 0 aliphatic rings. The summed E-state index contributed by atoms with van der Waals surface area (Å²) in [7, 11) is 0. The van der Waals surface area contributed by atoms with Gasteiger partial charge in [-0.2, -0.15) is 0 Å². The molecule has 0 saturated heterocycles. The Morgan fingerprint density at radius 2 is 1.83 bits per heavy atom. The topological polar surface area (TPSA) is 55.1 Å². The first-order chi connectivity index (χ1) is 13.5. The molecule has 4 rings (SSSR count). The van der Waals surface area contributed by atoms with Crippen molar-refractivity contribution in [2.24, 2.45) is 0 Å². The summed E-state index contributed by atoms with van der Waals surface area (Å²) in [6, 6.07) is 22.3. The summed E-state index contributed by atoms with van der Waals surface area (Å²) in [5, 5.41) is 9.47. The van der Waals surface area contributed by atoms with E-state index in [2.05, 4.69) is 65.0 Å². The van der Waals surface area contributed by atoms with Gasteiger partial charge in [0.2, 0.25) is 0 Å². The molecule has 1 radical (unpaired) electrons. The van der Waals surface area contributed by atoms with Gasteiger partial charge in [0.1, 0.15) is 0 Å². The summed E-state index contributed by atoms with van der Waals surface area (Å²) < 4.78 is 2.31. The van der Waals surface area contributed by atoms with Crippen molar-refractivity contribution in [3.8, 4) is 11.1 Å². The Morgan fingerprint density at radius 1 is 1.10 bits per heavy atom. The molecule has 0 atom stereocenters. The molecule has 0 spiro atoms. The molecule has 1 N–H and O–H groups in total. The predicted molar refractivity (Wildman–Crippen MR) is 114 cm³/mol. The second-order valence-electron chi connectivity index (χ2n) is 6.53. The molecule has 0 aliphatic carbocycles. The number of carbonyl (C=O) groups excluding carboxylic acids is 1. The van der Waals surface area contributed by atoms with Gasteiger partial charge in [-0.3, -0.25) is 4.79 Å². The van der Waals surface area contributed by atoms with Gasteiger partial charge < -0.3 is 14.7 Å². The Bertz CT molecular complexity index is 1140. The number of hydrogen-bond acceptors (Lipinski definition) is 3. The second-order valence-corrected chi connectivity index (χ2v) is 6.53. The minimum absolute atomic E-state index is 0. The fourth-order valence-electron chi connectivity index (χ4n) is 3.26. The maximum Gasteiger partial charge on any atom is 0.155 e. The van der Waals surface area contributed by atoms with Crippen LogP contribution in [0.3, 0.4) is 0 Å². The second kappa shape index (κ2) is 10.1. The molecule has 2 aromatic carbocycles. The van der Waals surface area contributed by atoms with Crippen molar-refractivity contribution in [1.82, 2.24) is 9.55 Å². The molecule has 2 aromatic heterocycles. The largest absolute Gasteiger partial charge is 0.512 e. The van der Waals surface area contributed by atoms with Gasteiger partial charge >= 0.3 is 0 Å². The van der Waals surface area contributed by atoms with E-state index in [-0.39, 0.29) is 31.6 Å². The quantitative estimate of drug-likeness (QED) is 0.197. The van der Waals surface area contributed by atoms with Crippen molar-refractivity contribution >= 4 is 27.7 Å². The molecular formula is C24H23IrN2O2-. The number of aliphatic hydroxyl groups is 1. The summed E-state index contributed by atoms with van der Waals surface area (Å²) in [6.45, 7) is 5.94. The van der Waals surface area contributed by atoms with E-state index in [1.54, 1.807) is 0 Å². The third kappa shape index (κ3) is 5.20. The standard InChI is InChI=1S/C19H15N2.C5H8O2.Ir/c1-2-21-17-9-6-12-20-19(17)16-11-10-15(13-18(16)21)14-7-4-3-5-8-14;1-4(6)3-5(2)7;/h3-10,12-13H,2H2,1H3;3,6H,1-2H3;/q-1;;/b;4-3-;. The minimum Gasteiger partial charge on any atom is -0.512 e. The molecule has 5 heteroatoms. The average Bonchev–Trinajstić information content (AvgIpc) is 3.01. The average molecular weight is 564 g/mol. The first-order valence-corrected chi connectivity index (χ1v) is 9.23. The normalized spacial score (nSPS) is 10.9. The maximum atomic E-state index is 10.0. The van der Waals surface area contributed by atoms with Gasteiger partial charge in [-0.15, -0.1) is 18.2 Å². The summed E-state index contributed by atoms with van der Waals surface area (Å²) in [4.78, 5) is 14.5. The summed E-state index contributed by atoms with van der Waals surface area (Å²) in [5.41, 5.74) is 5.83. The minimum atomic E-state index is -0.125. The molecule has 4 aromatic rings. The maximum absolute atomic E-state index is 10.0. The monoisotopic (exact) mass is 564 g/mol. The van der Waals surface area contributed by atoms with Crippen molar-refractivity contribution in [2.75, 3.05) is 0 Å². The van der Waals surface area contributed by atoms with Crippen LogP contribution in [0, 0.1) is 6.07 Å². The van der Waals surface area contributed by atoms with Crippen molar-refractivity contribution in [3.63, 3.8) is 0 Å². The first kappa shape index (κ1) is 22.5. The molecule has 2 heterocycles. The van der Waals surface area contributed by atoms with Crippen LogP contribution in [0.2, 0.25) is 0 Å². The van der Waals surface area contributed by atoms with Crippen LogP contribution in [0.25, 0.3) is 33.1 Å². The zero-order valence-electron chi connectivity index (χ0n) is 16.6. The van der Waals surface area contributed by atoms with E-state index in [1.165, 1.54) is 42.1 Å². The molecule has 0 bridgehead atoms. The van der Waals surface area contributed by atoms with Gasteiger partial charge in [0, 0.05) is 50.0 Å². The first-order valence-electron chi connectivity index (χ1n) is 9.23. The molecule has 0 fully saturated rings. The third-order valence-corrected chi connectivity index (χ3v) is 4.36. The Labute approximate surface area is 184 Å². The van der Waals surface area contributed by atoms with Gasteiger partial charge in [0.25, 0.3) is 0 Å². The van der Waals surface area contributed by atoms with E-state index in [0.717, 1.165) is 17.4 Å². The number of aromatic nitrogens is 2. The van der Waals surface area contributed by atoms with E-state index in [1.807, 2.05) is 18.3 Å². The molecule has 29 heavy (non-hydrogen) atoms. The Balaban J connectivity index is 0.000000327. The van der Waals surface area contributed by atoms with Crippen LogP contribution in [0.4, 0.5) is 0 Å². The van der Waals surface area contributed by atoms with E-state index in [4.69, 9.17) is 5.11 Å². The Hall–Kier alpha value is -2.75. The van der Waals surface area contributed by atoms with Crippen molar-refractivity contribution in [3.05, 3.63) is 78.7 Å². The number of allylic oxidation sites excluding steroid dienone is 2. The van der Waals surface area contributed by atoms with Crippen molar-refractivity contribution in [1.29, 1.82) is 0 Å². The van der Waals surface area contributed by atoms with Crippen molar-refractivity contribution in [2.45, 2.75) is 27.3 Å². The summed E-state index contributed by atoms with van der Waals surface area (Å²) >= 11 is 0. The zero-order valence-corrected chi connectivity index (χ0v) is 19.0. The fraction of sp³-hybridized carbons (Fsp3) is 0.167. The number of aliphatic hydroxyl groups excluding tert-OH is 1. The summed E-state index contributed by atoms with van der Waals surface area (Å²) in [5.74, 6) is -0.0625. The van der Waals surface area contributed by atoms with Crippen LogP contribution in [-0.4, -0.2) is 20.4 Å². The van der Waals surface area contributed by atoms with Crippen LogP contribution in [0.5, 0.6) is 0 Å². The Morgan fingerprint density at radius 3 is 2.41 bits per heavy atom. The number of aryl methyl sites for hydroxylation is 1. The van der Waals surface area contributed by atoms with Gasteiger partial charge in [-0.1, -0.05) is 46.8 Å². The number of hydrogen-bond donors (Lipinski definition) is 1. The number of fused-ring (bicyclic) bond motifs is 3. The number of pyridine rings is 1. The van der Waals surface area contributed by atoms with E-state index in [0.29, 0.717) is 0 Å². The van der Waals surface area contributed by atoms with E-state index in [9.17, 15) is 4.79 Å². The predicted octanol–water partition coefficient (Wildman–Crippen LogP) is 5.71. The molecule has 0 amide bonds. The van der Waals surface area contributed by atoms with Gasteiger partial charge in [-0.05, 0) is 38.4 Å². The molecule has 151 valence electrons. The van der Waals surface area contributed by atoms with Gasteiger partial charge in [-0.25, -0.2) is 0 Å². The van der Waals surface area contributed by atoms with E-state index >= 15 is 0 Å². The number of rotatable bonds is 3. The molecule has 0 aliphatic heterocycles. The van der Waals surface area contributed by atoms with Crippen LogP contribution >= 0.6 is 0 Å². The van der Waals surface area contributed by atoms with E-state index < -0.39 is 0 Å². The van der Waals surface area contributed by atoms with Crippen molar-refractivity contribution < 1.29 is 30.0 Å². The third-order valence-electron chi connectivity index (χ3n) is 4.36. The fourth-order valence-corrected chi connectivity index (χ4v) is 3.26. The smallest absolute Gasteiger partial charge is 0.155 e. The molecule has 0 unspecified atom stereocenters. The SMILES string of the molecule is CC(=O)/C=C(/C)O.CCn1c2cc(-c3ccccc3)c[c-]c2c2ncccc21.[Ir]. The Kier molecular flexibility index (Phi) is 7.89. The van der Waals surface area contributed by atoms with Gasteiger partial charge in [0.05, 0.1) is 5.76 Å². The zero-order chi connectivity index (χ0) is 20.1. The molecule has 4 nitrogen and oxygen atoms in total. The number of ketones is 1. The van der Waals surface area contributed by atoms with Crippen LogP contribution < -0.4 is 0 Å². The molecular weight excluding hydrogens is 540 g/mol. The van der Waals surface area contributed by atoms with Crippen LogP contribution in [0.15, 0.2) is 72.6 Å². The number of nitrogens with zero attached hydrogens (tertiary/aromatic N) is 2. The van der Waals surface area contributed by atoms with Gasteiger partial charge in [0.15, 0.2) is 5.78 Å². The van der Waals surface area contributed by atoms with Crippen LogP contribution in [-0.2, 0) is 31.4 Å². The number of benzene rings is 2.